The normalized spacial score (nSPS) is 9.70. The molecule has 0 aromatic carbocycles. The molecular formula is C7H10O3. The van der Waals surface area contributed by atoms with Crippen LogP contribution in [0.2, 0.25) is 0 Å². The first-order valence-electron chi connectivity index (χ1n) is 2.89. The maximum atomic E-state index is 9.92. The number of hydrogen-bond donors (Lipinski definition) is 1. The van der Waals surface area contributed by atoms with Gasteiger partial charge in [0.1, 0.15) is 5.76 Å². The lowest BCUT2D eigenvalue weighted by Crippen LogP contribution is -1.89. The van der Waals surface area contributed by atoms with Gasteiger partial charge in [-0.25, -0.2) is 4.79 Å². The molecule has 3 heteroatoms. The van der Waals surface area contributed by atoms with Crippen LogP contribution in [0.5, 0.6) is 0 Å². The number of carbonyl (C=O) groups is 1. The van der Waals surface area contributed by atoms with E-state index in [9.17, 15) is 4.79 Å². The van der Waals surface area contributed by atoms with E-state index >= 15 is 0 Å². The number of carboxylic acid groups (broad SMARTS) is 1. The molecule has 0 saturated heterocycles. The summed E-state index contributed by atoms with van der Waals surface area (Å²) in [6.07, 6.45) is 2.30. The number of allylic oxidation sites excluding steroid dienone is 1. The monoisotopic (exact) mass is 142 g/mol. The van der Waals surface area contributed by atoms with Gasteiger partial charge in [0.25, 0.3) is 0 Å². The molecule has 0 aromatic rings. The van der Waals surface area contributed by atoms with Crippen molar-refractivity contribution in [1.29, 1.82) is 0 Å². The summed E-state index contributed by atoms with van der Waals surface area (Å²) in [5.74, 6) is -0.634. The Bertz CT molecular complexity index is 158. The Hall–Kier alpha value is -1.25. The molecule has 0 atom stereocenters. The van der Waals surface area contributed by atoms with E-state index in [4.69, 9.17) is 9.84 Å². The largest absolute Gasteiger partial charge is 0.495 e. The molecule has 10 heavy (non-hydrogen) atoms. The maximum Gasteiger partial charge on any atom is 0.328 e. The Morgan fingerprint density at radius 1 is 1.70 bits per heavy atom. The van der Waals surface area contributed by atoms with E-state index in [1.54, 1.807) is 6.92 Å². The van der Waals surface area contributed by atoms with Gasteiger partial charge in [0.05, 0.1) is 6.61 Å². The van der Waals surface area contributed by atoms with Crippen molar-refractivity contribution in [3.8, 4) is 0 Å². The van der Waals surface area contributed by atoms with Crippen LogP contribution >= 0.6 is 0 Å². The van der Waals surface area contributed by atoms with Crippen molar-refractivity contribution in [2.75, 3.05) is 6.61 Å². The molecule has 0 unspecified atom stereocenters. The van der Waals surface area contributed by atoms with Crippen molar-refractivity contribution < 1.29 is 14.6 Å². The predicted octanol–water partition coefficient (Wildman–Crippen LogP) is 1.18. The molecule has 0 aromatic heterocycles. The van der Waals surface area contributed by atoms with Crippen molar-refractivity contribution in [3.05, 3.63) is 24.5 Å². The van der Waals surface area contributed by atoms with Crippen LogP contribution in [0.4, 0.5) is 0 Å². The van der Waals surface area contributed by atoms with Gasteiger partial charge in [-0.2, -0.15) is 0 Å². The van der Waals surface area contributed by atoms with Gasteiger partial charge in [-0.05, 0) is 13.0 Å². The minimum absolute atomic E-state index is 0.366. The first-order valence-corrected chi connectivity index (χ1v) is 2.89. The third kappa shape index (κ3) is 4.90. The topological polar surface area (TPSA) is 46.5 Å². The summed E-state index contributed by atoms with van der Waals surface area (Å²) in [4.78, 5) is 9.92. The molecule has 0 heterocycles. The van der Waals surface area contributed by atoms with Gasteiger partial charge in [-0.1, -0.05) is 6.58 Å². The van der Waals surface area contributed by atoms with E-state index in [0.29, 0.717) is 12.4 Å². The summed E-state index contributed by atoms with van der Waals surface area (Å²) in [7, 11) is 0. The van der Waals surface area contributed by atoms with Crippen molar-refractivity contribution in [1.82, 2.24) is 0 Å². The van der Waals surface area contributed by atoms with Gasteiger partial charge in [-0.15, -0.1) is 0 Å². The highest BCUT2D eigenvalue weighted by Crippen LogP contribution is 1.93. The summed E-state index contributed by atoms with van der Waals surface area (Å²) in [5.41, 5.74) is 0. The molecule has 0 fully saturated rings. The smallest absolute Gasteiger partial charge is 0.328 e. The number of aliphatic carboxylic acids is 1. The van der Waals surface area contributed by atoms with Crippen molar-refractivity contribution >= 4 is 5.97 Å². The van der Waals surface area contributed by atoms with Crippen LogP contribution in [0.3, 0.4) is 0 Å². The van der Waals surface area contributed by atoms with Gasteiger partial charge in [0.15, 0.2) is 0 Å². The Labute approximate surface area is 59.6 Å². The molecule has 56 valence electrons. The zero-order valence-corrected chi connectivity index (χ0v) is 5.83. The summed E-state index contributed by atoms with van der Waals surface area (Å²) in [6, 6.07) is 0. The third-order valence-corrected chi connectivity index (χ3v) is 0.742. The minimum atomic E-state index is -0.999. The Kier molecular flexibility index (Phi) is 4.04. The Balaban J connectivity index is 3.67. The highest BCUT2D eigenvalue weighted by Gasteiger charge is 1.87. The van der Waals surface area contributed by atoms with Gasteiger partial charge in [0.2, 0.25) is 0 Å². The second kappa shape index (κ2) is 4.61. The van der Waals surface area contributed by atoms with Crippen molar-refractivity contribution in [2.24, 2.45) is 0 Å². The number of ether oxygens (including phenoxy) is 1. The molecule has 0 bridgehead atoms. The zero-order chi connectivity index (χ0) is 7.98. The van der Waals surface area contributed by atoms with E-state index in [0.717, 1.165) is 6.08 Å². The summed E-state index contributed by atoms with van der Waals surface area (Å²) < 4.78 is 4.85. The second-order valence-corrected chi connectivity index (χ2v) is 1.57. The quantitative estimate of drug-likeness (QED) is 0.364. The Morgan fingerprint density at radius 2 is 2.30 bits per heavy atom. The van der Waals surface area contributed by atoms with Crippen LogP contribution in [0.25, 0.3) is 0 Å². The molecule has 3 nitrogen and oxygen atoms in total. The minimum Gasteiger partial charge on any atom is -0.495 e. The van der Waals surface area contributed by atoms with E-state index in [1.165, 1.54) is 6.08 Å². The fourth-order valence-corrected chi connectivity index (χ4v) is 0.398. The maximum absolute atomic E-state index is 9.92. The lowest BCUT2D eigenvalue weighted by molar-refractivity contribution is -0.131. The molecule has 0 aliphatic heterocycles. The average Bonchev–Trinajstić information content (AvgIpc) is 1.85. The van der Waals surface area contributed by atoms with Crippen LogP contribution in [0, 0.1) is 0 Å². The van der Waals surface area contributed by atoms with Crippen molar-refractivity contribution in [2.45, 2.75) is 6.92 Å². The highest BCUT2D eigenvalue weighted by atomic mass is 16.5. The molecule has 0 radical (unpaired) electrons. The number of carboxylic acids is 1. The SMILES string of the molecule is C=C(C=CC(=O)O)OCC. The fourth-order valence-electron chi connectivity index (χ4n) is 0.398. The summed E-state index contributed by atoms with van der Waals surface area (Å²) >= 11 is 0. The molecule has 0 saturated carbocycles. The van der Waals surface area contributed by atoms with Crippen molar-refractivity contribution in [3.63, 3.8) is 0 Å². The second-order valence-electron chi connectivity index (χ2n) is 1.57. The van der Waals surface area contributed by atoms with Gasteiger partial charge >= 0.3 is 5.97 Å². The van der Waals surface area contributed by atoms with E-state index in [2.05, 4.69) is 6.58 Å². The summed E-state index contributed by atoms with van der Waals surface area (Å²) in [5, 5.41) is 8.15. The number of hydrogen-bond acceptors (Lipinski definition) is 2. The average molecular weight is 142 g/mol. The molecule has 0 rings (SSSR count). The summed E-state index contributed by atoms with van der Waals surface area (Å²) in [6.45, 7) is 5.75. The van der Waals surface area contributed by atoms with Gasteiger partial charge < -0.3 is 9.84 Å². The zero-order valence-electron chi connectivity index (χ0n) is 5.83. The van der Waals surface area contributed by atoms with Gasteiger partial charge in [0, 0.05) is 6.08 Å². The van der Waals surface area contributed by atoms with Crippen LogP contribution < -0.4 is 0 Å². The van der Waals surface area contributed by atoms with Crippen LogP contribution in [0.15, 0.2) is 24.5 Å². The number of rotatable bonds is 4. The van der Waals surface area contributed by atoms with E-state index < -0.39 is 5.97 Å². The first kappa shape index (κ1) is 8.75. The lowest BCUT2D eigenvalue weighted by Gasteiger charge is -1.98. The molecule has 0 aliphatic carbocycles. The van der Waals surface area contributed by atoms with Gasteiger partial charge in [-0.3, -0.25) is 0 Å². The first-order chi connectivity index (χ1) is 4.66. The molecule has 0 amide bonds. The highest BCUT2D eigenvalue weighted by molar-refractivity contribution is 5.80. The van der Waals surface area contributed by atoms with E-state index in [-0.39, 0.29) is 0 Å². The molecule has 0 aliphatic rings. The predicted molar refractivity (Wildman–Crippen MR) is 37.5 cm³/mol. The Morgan fingerprint density at radius 3 is 2.70 bits per heavy atom. The molecule has 0 spiro atoms. The van der Waals surface area contributed by atoms with Crippen LogP contribution in [-0.4, -0.2) is 17.7 Å². The van der Waals surface area contributed by atoms with Crippen LogP contribution in [-0.2, 0) is 9.53 Å². The molecular weight excluding hydrogens is 132 g/mol. The lowest BCUT2D eigenvalue weighted by atomic mass is 10.4. The van der Waals surface area contributed by atoms with E-state index in [1.807, 2.05) is 0 Å². The standard InChI is InChI=1S/C7H10O3/c1-3-10-6(2)4-5-7(8)9/h4-5H,2-3H2,1H3,(H,8,9). The third-order valence-electron chi connectivity index (χ3n) is 0.742. The molecule has 1 N–H and O–H groups in total. The van der Waals surface area contributed by atoms with Crippen LogP contribution in [0.1, 0.15) is 6.92 Å². The fraction of sp³-hybridized carbons (Fsp3) is 0.286.